The van der Waals surface area contributed by atoms with E-state index in [2.05, 4.69) is 9.72 Å². The van der Waals surface area contributed by atoms with Gasteiger partial charge in [0.05, 0.1) is 23.7 Å². The number of amides is 1. The molecule has 1 heterocycles. The summed E-state index contributed by atoms with van der Waals surface area (Å²) in [5.41, 5.74) is 1.43. The molecule has 0 unspecified atom stereocenters. The molecule has 2 aromatic rings. The second kappa shape index (κ2) is 9.50. The second-order valence-electron chi connectivity index (χ2n) is 5.74. The van der Waals surface area contributed by atoms with Crippen molar-refractivity contribution in [1.29, 1.82) is 0 Å². The number of aromatic nitrogens is 1. The third kappa shape index (κ3) is 7.38. The van der Waals surface area contributed by atoms with Gasteiger partial charge >= 0.3 is 12.1 Å². The standard InChI is InChI=1S/C18H19F3N2O3S/c1-2-26-17(25)10-23(12-18(19,20)21)16(24)9-14-11-27-15(22-14)8-13-6-4-3-5-7-13/h3-7,11H,2,8-10,12H2,1H3. The Morgan fingerprint density at radius 1 is 1.22 bits per heavy atom. The number of rotatable bonds is 8. The number of hydrogen-bond acceptors (Lipinski definition) is 5. The van der Waals surface area contributed by atoms with Crippen molar-refractivity contribution in [2.24, 2.45) is 0 Å². The molecule has 0 saturated heterocycles. The molecule has 0 N–H and O–H groups in total. The van der Waals surface area contributed by atoms with Crippen molar-refractivity contribution in [2.75, 3.05) is 19.7 Å². The predicted octanol–water partition coefficient (Wildman–Crippen LogP) is 3.23. The van der Waals surface area contributed by atoms with Gasteiger partial charge < -0.3 is 9.64 Å². The van der Waals surface area contributed by atoms with Gasteiger partial charge in [-0.1, -0.05) is 30.3 Å². The van der Waals surface area contributed by atoms with Crippen molar-refractivity contribution in [3.63, 3.8) is 0 Å². The second-order valence-corrected chi connectivity index (χ2v) is 6.68. The molecule has 0 atom stereocenters. The molecule has 0 aliphatic rings. The number of carbonyl (C=O) groups is 2. The van der Waals surface area contributed by atoms with Gasteiger partial charge in [0.15, 0.2) is 0 Å². The largest absolute Gasteiger partial charge is 0.465 e. The van der Waals surface area contributed by atoms with Crippen LogP contribution < -0.4 is 0 Å². The highest BCUT2D eigenvalue weighted by molar-refractivity contribution is 7.09. The van der Waals surface area contributed by atoms with Crippen LogP contribution >= 0.6 is 11.3 Å². The summed E-state index contributed by atoms with van der Waals surface area (Å²) in [4.78, 5) is 28.6. The van der Waals surface area contributed by atoms with Gasteiger partial charge in [0.25, 0.3) is 0 Å². The molecule has 9 heteroatoms. The maximum Gasteiger partial charge on any atom is 0.406 e. The molecular formula is C18H19F3N2O3S. The van der Waals surface area contributed by atoms with E-state index in [1.807, 2.05) is 30.3 Å². The molecule has 1 aromatic heterocycles. The fourth-order valence-corrected chi connectivity index (χ4v) is 3.19. The van der Waals surface area contributed by atoms with Gasteiger partial charge in [-0.25, -0.2) is 4.98 Å². The van der Waals surface area contributed by atoms with Crippen LogP contribution in [-0.4, -0.2) is 47.6 Å². The molecule has 0 aliphatic heterocycles. The molecule has 2 rings (SSSR count). The number of benzene rings is 1. The Balaban J connectivity index is 2.02. The minimum Gasteiger partial charge on any atom is -0.465 e. The van der Waals surface area contributed by atoms with Gasteiger partial charge in [0, 0.05) is 11.8 Å². The van der Waals surface area contributed by atoms with E-state index in [0.717, 1.165) is 10.6 Å². The monoisotopic (exact) mass is 400 g/mol. The smallest absolute Gasteiger partial charge is 0.406 e. The molecule has 1 aromatic carbocycles. The van der Waals surface area contributed by atoms with Crippen molar-refractivity contribution in [2.45, 2.75) is 25.9 Å². The lowest BCUT2D eigenvalue weighted by Crippen LogP contribution is -2.43. The van der Waals surface area contributed by atoms with E-state index in [0.29, 0.717) is 17.0 Å². The summed E-state index contributed by atoms with van der Waals surface area (Å²) in [5, 5.41) is 2.41. The Morgan fingerprint density at radius 2 is 1.93 bits per heavy atom. The minimum absolute atomic E-state index is 0.0296. The number of ether oxygens (including phenoxy) is 1. The first-order valence-corrected chi connectivity index (χ1v) is 9.12. The van der Waals surface area contributed by atoms with Crippen molar-refractivity contribution in [1.82, 2.24) is 9.88 Å². The Kier molecular flexibility index (Phi) is 7.35. The highest BCUT2D eigenvalue weighted by Gasteiger charge is 2.34. The molecule has 146 valence electrons. The Bertz CT molecular complexity index is 763. The van der Waals surface area contributed by atoms with Crippen molar-refractivity contribution in [3.05, 3.63) is 52.0 Å². The van der Waals surface area contributed by atoms with Crippen molar-refractivity contribution >= 4 is 23.2 Å². The predicted molar refractivity (Wildman–Crippen MR) is 94.3 cm³/mol. The van der Waals surface area contributed by atoms with E-state index < -0.39 is 31.1 Å². The maximum absolute atomic E-state index is 12.7. The van der Waals surface area contributed by atoms with Crippen LogP contribution in [0.2, 0.25) is 0 Å². The summed E-state index contributed by atoms with van der Waals surface area (Å²) in [6, 6.07) is 9.58. The number of carbonyl (C=O) groups excluding carboxylic acids is 2. The maximum atomic E-state index is 12.7. The fraction of sp³-hybridized carbons (Fsp3) is 0.389. The zero-order valence-electron chi connectivity index (χ0n) is 14.7. The van der Waals surface area contributed by atoms with E-state index >= 15 is 0 Å². The highest BCUT2D eigenvalue weighted by Crippen LogP contribution is 2.19. The molecule has 0 aliphatic carbocycles. The van der Waals surface area contributed by atoms with E-state index in [9.17, 15) is 22.8 Å². The summed E-state index contributed by atoms with van der Waals surface area (Å²) in [7, 11) is 0. The third-order valence-corrected chi connectivity index (χ3v) is 4.38. The summed E-state index contributed by atoms with van der Waals surface area (Å²) in [6.07, 6.45) is -4.34. The number of nitrogens with zero attached hydrogens (tertiary/aromatic N) is 2. The van der Waals surface area contributed by atoms with Crippen LogP contribution in [-0.2, 0) is 27.2 Å². The Hall–Kier alpha value is -2.42. The average molecular weight is 400 g/mol. The topological polar surface area (TPSA) is 59.5 Å². The summed E-state index contributed by atoms with van der Waals surface area (Å²) in [6.45, 7) is -0.683. The van der Waals surface area contributed by atoms with Crippen LogP contribution in [0.4, 0.5) is 13.2 Å². The van der Waals surface area contributed by atoms with Crippen molar-refractivity contribution in [3.8, 4) is 0 Å². The normalized spacial score (nSPS) is 11.3. The Morgan fingerprint density at radius 3 is 2.56 bits per heavy atom. The fourth-order valence-electron chi connectivity index (χ4n) is 2.36. The van der Waals surface area contributed by atoms with Crippen LogP contribution in [0.25, 0.3) is 0 Å². The SMILES string of the molecule is CCOC(=O)CN(CC(F)(F)F)C(=O)Cc1csc(Cc2ccccc2)n1. The van der Waals surface area contributed by atoms with Gasteiger partial charge in [-0.3, -0.25) is 9.59 Å². The summed E-state index contributed by atoms with van der Waals surface area (Å²) in [5.74, 6) is -1.70. The van der Waals surface area contributed by atoms with E-state index in [4.69, 9.17) is 0 Å². The summed E-state index contributed by atoms with van der Waals surface area (Å²) >= 11 is 1.34. The highest BCUT2D eigenvalue weighted by atomic mass is 32.1. The van der Waals surface area contributed by atoms with Gasteiger partial charge in [-0.05, 0) is 12.5 Å². The molecule has 27 heavy (non-hydrogen) atoms. The van der Waals surface area contributed by atoms with Gasteiger partial charge in [0.2, 0.25) is 5.91 Å². The summed E-state index contributed by atoms with van der Waals surface area (Å²) < 4.78 is 42.8. The number of thiazole rings is 1. The van der Waals surface area contributed by atoms with E-state index in [1.165, 1.54) is 18.3 Å². The number of hydrogen-bond donors (Lipinski definition) is 0. The number of alkyl halides is 3. The molecule has 0 radical (unpaired) electrons. The zero-order valence-corrected chi connectivity index (χ0v) is 15.5. The lowest BCUT2D eigenvalue weighted by Gasteiger charge is -2.22. The first kappa shape index (κ1) is 20.9. The van der Waals surface area contributed by atoms with Crippen LogP contribution in [0.15, 0.2) is 35.7 Å². The molecule has 1 amide bonds. The minimum atomic E-state index is -4.61. The molecule has 5 nitrogen and oxygen atoms in total. The van der Waals surface area contributed by atoms with Crippen LogP contribution in [0, 0.1) is 0 Å². The zero-order chi connectivity index (χ0) is 19.9. The van der Waals surface area contributed by atoms with Crippen LogP contribution in [0.5, 0.6) is 0 Å². The van der Waals surface area contributed by atoms with Crippen LogP contribution in [0.1, 0.15) is 23.2 Å². The van der Waals surface area contributed by atoms with Crippen LogP contribution in [0.3, 0.4) is 0 Å². The molecule has 0 bridgehead atoms. The lowest BCUT2D eigenvalue weighted by atomic mass is 10.2. The van der Waals surface area contributed by atoms with Crippen molar-refractivity contribution < 1.29 is 27.5 Å². The van der Waals surface area contributed by atoms with E-state index in [-0.39, 0.29) is 13.0 Å². The molecule has 0 spiro atoms. The molecule has 0 fully saturated rings. The lowest BCUT2D eigenvalue weighted by molar-refractivity contribution is -0.167. The first-order chi connectivity index (χ1) is 12.8. The molecule has 0 saturated carbocycles. The number of halogens is 3. The third-order valence-electron chi connectivity index (χ3n) is 3.48. The van der Waals surface area contributed by atoms with E-state index in [1.54, 1.807) is 5.38 Å². The Labute approximate surface area is 158 Å². The van der Waals surface area contributed by atoms with Gasteiger partial charge in [-0.15, -0.1) is 11.3 Å². The molecular weight excluding hydrogens is 381 g/mol. The van der Waals surface area contributed by atoms with Gasteiger partial charge in [0.1, 0.15) is 13.1 Å². The van der Waals surface area contributed by atoms with Gasteiger partial charge in [-0.2, -0.15) is 13.2 Å². The number of esters is 1. The first-order valence-electron chi connectivity index (χ1n) is 8.24. The average Bonchev–Trinajstić information content (AvgIpc) is 3.01. The quantitative estimate of drug-likeness (QED) is 0.639.